The molecule has 0 N–H and O–H groups in total. The molecule has 3 unspecified atom stereocenters. The van der Waals surface area contributed by atoms with E-state index in [4.69, 9.17) is 0 Å². The molecule has 1 fully saturated rings. The molecule has 0 aromatic carbocycles. The van der Waals surface area contributed by atoms with Crippen molar-refractivity contribution >= 4 is 53.8 Å². The van der Waals surface area contributed by atoms with Crippen molar-refractivity contribution in [3.05, 3.63) is 0 Å². The van der Waals surface area contributed by atoms with Gasteiger partial charge in [-0.2, -0.15) is 0 Å². The zero-order valence-corrected chi connectivity index (χ0v) is 9.14. The van der Waals surface area contributed by atoms with E-state index in [-0.39, 0.29) is 0 Å². The normalized spacial score (nSPS) is 45.4. The average Bonchev–Trinajstić information content (AvgIpc) is 1.91. The molecule has 0 nitrogen and oxygen atoms in total. The summed E-state index contributed by atoms with van der Waals surface area (Å²) in [6, 6.07) is 0. The largest absolute Gasteiger partial charge is 0.107 e. The van der Waals surface area contributed by atoms with Gasteiger partial charge in [-0.1, -0.05) is 45.2 Å². The highest BCUT2D eigenvalue weighted by atomic mass is 127. The summed E-state index contributed by atoms with van der Waals surface area (Å²) in [4.78, 5) is 0. The van der Waals surface area contributed by atoms with E-state index in [2.05, 4.69) is 45.2 Å². The van der Waals surface area contributed by atoms with Crippen LogP contribution in [0.1, 0.15) is 6.42 Å². The average molecular weight is 340 g/mol. The van der Waals surface area contributed by atoms with Gasteiger partial charge in [0.15, 0.2) is 0 Å². The molecule has 1 rings (SSSR count). The summed E-state index contributed by atoms with van der Waals surface area (Å²) in [6.45, 7) is 0. The number of alkyl halides is 2. The Morgan fingerprint density at radius 2 is 2.14 bits per heavy atom. The topological polar surface area (TPSA) is 0 Å². The Hall–Kier alpha value is 1.89. The lowest BCUT2D eigenvalue weighted by Crippen LogP contribution is -1.98. The molecule has 0 aliphatic carbocycles. The Labute approximate surface area is 73.3 Å². The minimum atomic E-state index is 0.983. The van der Waals surface area contributed by atoms with Gasteiger partial charge in [0.2, 0.25) is 0 Å². The number of hydrogen-bond acceptors (Lipinski definition) is 0. The van der Waals surface area contributed by atoms with Crippen molar-refractivity contribution in [2.75, 3.05) is 6.16 Å². The second-order valence-electron chi connectivity index (χ2n) is 1.66. The first-order chi connectivity index (χ1) is 3.30. The minimum absolute atomic E-state index is 0.983. The van der Waals surface area contributed by atoms with Crippen LogP contribution >= 0.6 is 53.8 Å². The lowest BCUT2D eigenvalue weighted by atomic mass is 10.4. The van der Waals surface area contributed by atoms with E-state index in [1.807, 2.05) is 0 Å². The smallest absolute Gasteiger partial charge is 0.0399 e. The van der Waals surface area contributed by atoms with Crippen LogP contribution in [-0.4, -0.2) is 13.8 Å². The van der Waals surface area contributed by atoms with E-state index in [0.29, 0.717) is 0 Å². The first kappa shape index (κ1) is 7.00. The third-order valence-corrected chi connectivity index (χ3v) is 8.03. The molecule has 1 aliphatic heterocycles. The molecule has 0 saturated carbocycles. The fourth-order valence-electron chi connectivity index (χ4n) is 0.633. The SMILES string of the molecule is IC1CCPC1I. The molecular formula is C4H7I2P. The summed E-state index contributed by atoms with van der Waals surface area (Å²) < 4.78 is 1.98. The van der Waals surface area contributed by atoms with Crippen LogP contribution in [0.15, 0.2) is 0 Å². The van der Waals surface area contributed by atoms with Gasteiger partial charge in [0.25, 0.3) is 0 Å². The minimum Gasteiger partial charge on any atom is -0.107 e. The van der Waals surface area contributed by atoms with Gasteiger partial charge in [-0.05, 0) is 12.6 Å². The van der Waals surface area contributed by atoms with Crippen LogP contribution in [0.4, 0.5) is 0 Å². The molecular weight excluding hydrogens is 333 g/mol. The maximum atomic E-state index is 2.56. The van der Waals surface area contributed by atoms with Crippen molar-refractivity contribution in [2.24, 2.45) is 0 Å². The summed E-state index contributed by atoms with van der Waals surface area (Å²) in [6.07, 6.45) is 2.95. The van der Waals surface area contributed by atoms with Crippen LogP contribution in [0.25, 0.3) is 0 Å². The van der Waals surface area contributed by atoms with Gasteiger partial charge in [-0.15, -0.1) is 8.58 Å². The highest BCUT2D eigenvalue weighted by molar-refractivity contribution is 14.1. The number of hydrogen-bond donors (Lipinski definition) is 0. The first-order valence-corrected chi connectivity index (χ1v) is 6.10. The zero-order valence-electron chi connectivity index (χ0n) is 3.82. The highest BCUT2D eigenvalue weighted by Crippen LogP contribution is 2.41. The Morgan fingerprint density at radius 1 is 1.43 bits per heavy atom. The van der Waals surface area contributed by atoms with Crippen LogP contribution in [0.3, 0.4) is 0 Å². The molecule has 7 heavy (non-hydrogen) atoms. The van der Waals surface area contributed by atoms with E-state index in [9.17, 15) is 0 Å². The van der Waals surface area contributed by atoms with Crippen molar-refractivity contribution in [3.63, 3.8) is 0 Å². The Balaban J connectivity index is 2.33. The van der Waals surface area contributed by atoms with Crippen LogP contribution in [0.5, 0.6) is 0 Å². The summed E-state index contributed by atoms with van der Waals surface area (Å²) in [5, 5.41) is 0. The van der Waals surface area contributed by atoms with E-state index in [1.165, 1.54) is 21.2 Å². The van der Waals surface area contributed by atoms with Crippen molar-refractivity contribution in [1.29, 1.82) is 0 Å². The maximum absolute atomic E-state index is 2.56. The number of rotatable bonds is 0. The second-order valence-corrected chi connectivity index (χ2v) is 7.31. The third-order valence-electron chi connectivity index (χ3n) is 1.08. The maximum Gasteiger partial charge on any atom is 0.0399 e. The number of halogens is 2. The molecule has 3 heteroatoms. The molecule has 0 aromatic heterocycles. The fourth-order valence-corrected chi connectivity index (χ4v) is 4.76. The first-order valence-electron chi connectivity index (χ1n) is 2.32. The van der Waals surface area contributed by atoms with Gasteiger partial charge in [0, 0.05) is 7.59 Å². The Bertz CT molecular complexity index is 58.7. The van der Waals surface area contributed by atoms with Crippen LogP contribution < -0.4 is 0 Å². The van der Waals surface area contributed by atoms with Gasteiger partial charge in [-0.25, -0.2) is 0 Å². The summed E-state index contributed by atoms with van der Waals surface area (Å²) in [7, 11) is 1.24. The van der Waals surface area contributed by atoms with Crippen LogP contribution in [0, 0.1) is 0 Å². The molecule has 0 aromatic rings. The lowest BCUT2D eigenvalue weighted by Gasteiger charge is -2.00. The quantitative estimate of drug-likeness (QED) is 0.361. The predicted molar refractivity (Wildman–Crippen MR) is 53.4 cm³/mol. The van der Waals surface area contributed by atoms with Crippen molar-refractivity contribution in [3.8, 4) is 0 Å². The van der Waals surface area contributed by atoms with E-state index in [1.54, 1.807) is 0 Å². The molecule has 1 aliphatic rings. The van der Waals surface area contributed by atoms with E-state index in [0.717, 1.165) is 7.59 Å². The molecule has 0 bridgehead atoms. The fraction of sp³-hybridized carbons (Fsp3) is 1.00. The van der Waals surface area contributed by atoms with Crippen LogP contribution in [-0.2, 0) is 0 Å². The van der Waals surface area contributed by atoms with Gasteiger partial charge in [0.05, 0.1) is 0 Å². The van der Waals surface area contributed by atoms with E-state index < -0.39 is 0 Å². The summed E-state index contributed by atoms with van der Waals surface area (Å²) in [5.74, 6) is 0. The molecule has 0 spiro atoms. The van der Waals surface area contributed by atoms with Gasteiger partial charge in [0.1, 0.15) is 0 Å². The summed E-state index contributed by atoms with van der Waals surface area (Å²) >= 11 is 5.12. The molecule has 0 radical (unpaired) electrons. The monoisotopic (exact) mass is 340 g/mol. The Kier molecular flexibility index (Phi) is 3.16. The van der Waals surface area contributed by atoms with Crippen LogP contribution in [0.2, 0.25) is 0 Å². The highest BCUT2D eigenvalue weighted by Gasteiger charge is 2.20. The molecule has 1 saturated heterocycles. The molecule has 42 valence electrons. The lowest BCUT2D eigenvalue weighted by molar-refractivity contribution is 0.993. The van der Waals surface area contributed by atoms with Crippen molar-refractivity contribution in [1.82, 2.24) is 0 Å². The zero-order chi connectivity index (χ0) is 5.28. The van der Waals surface area contributed by atoms with E-state index >= 15 is 0 Å². The molecule has 3 atom stereocenters. The predicted octanol–water partition coefficient (Wildman–Crippen LogP) is 2.63. The third kappa shape index (κ3) is 1.94. The second kappa shape index (κ2) is 3.16. The van der Waals surface area contributed by atoms with Gasteiger partial charge < -0.3 is 0 Å². The van der Waals surface area contributed by atoms with Gasteiger partial charge in [-0.3, -0.25) is 0 Å². The standard InChI is InChI=1S/C4H7I2P/c5-3-1-2-7-4(3)6/h3-4,7H,1-2H2. The van der Waals surface area contributed by atoms with Crippen molar-refractivity contribution < 1.29 is 0 Å². The Morgan fingerprint density at radius 3 is 2.29 bits per heavy atom. The van der Waals surface area contributed by atoms with Crippen molar-refractivity contribution in [2.45, 2.75) is 14.0 Å². The molecule has 1 heterocycles. The van der Waals surface area contributed by atoms with Gasteiger partial charge >= 0.3 is 0 Å². The summed E-state index contributed by atoms with van der Waals surface area (Å²) in [5.41, 5.74) is 0. The molecule has 0 amide bonds.